The van der Waals surface area contributed by atoms with E-state index in [0.717, 1.165) is 22.8 Å². The molecule has 0 aliphatic heterocycles. The van der Waals surface area contributed by atoms with Crippen molar-refractivity contribution in [2.24, 2.45) is 0 Å². The largest absolute Gasteiger partial charge is 0.496 e. The lowest BCUT2D eigenvalue weighted by molar-refractivity contribution is 0.409. The van der Waals surface area contributed by atoms with Crippen molar-refractivity contribution in [2.75, 3.05) is 7.11 Å². The molecule has 2 aromatic rings. The van der Waals surface area contributed by atoms with Crippen LogP contribution in [-0.2, 0) is 6.42 Å². The van der Waals surface area contributed by atoms with Crippen LogP contribution in [-0.4, -0.2) is 7.11 Å². The van der Waals surface area contributed by atoms with Gasteiger partial charge in [-0.1, -0.05) is 57.9 Å². The third-order valence-corrected chi connectivity index (χ3v) is 4.23. The summed E-state index contributed by atoms with van der Waals surface area (Å²) in [6.45, 7) is 2.04. The minimum atomic E-state index is 0.178. The summed E-state index contributed by atoms with van der Waals surface area (Å²) in [4.78, 5) is 0.178. The highest BCUT2D eigenvalue weighted by Gasteiger charge is 2.14. The summed E-state index contributed by atoms with van der Waals surface area (Å²) in [5.41, 5.74) is 3.45. The Balaban J connectivity index is 2.23. The summed E-state index contributed by atoms with van der Waals surface area (Å²) in [5.74, 6) is 0.912. The molecule has 0 amide bonds. The molecule has 3 heteroatoms. The normalized spacial score (nSPS) is 12.2. The van der Waals surface area contributed by atoms with Gasteiger partial charge in [-0.15, -0.1) is 0 Å². The molecule has 0 heterocycles. The molecule has 0 fully saturated rings. The molecule has 0 spiro atoms. The standard InChI is InChI=1S/C16H16BrClO/c1-11-7-8-13(15(18)9-11)14(17)10-12-5-3-4-6-16(12)19-2/h3-9,14H,10H2,1-2H3. The van der Waals surface area contributed by atoms with Gasteiger partial charge in [-0.25, -0.2) is 0 Å². The van der Waals surface area contributed by atoms with Crippen LogP contribution in [0.5, 0.6) is 5.75 Å². The second-order valence-corrected chi connectivity index (χ2v) is 6.02. The molecule has 0 aromatic heterocycles. The van der Waals surface area contributed by atoms with Gasteiger partial charge >= 0.3 is 0 Å². The maximum atomic E-state index is 6.30. The van der Waals surface area contributed by atoms with Crippen molar-refractivity contribution in [1.82, 2.24) is 0 Å². The Labute approximate surface area is 127 Å². The van der Waals surface area contributed by atoms with Gasteiger partial charge in [0.05, 0.1) is 7.11 Å². The van der Waals surface area contributed by atoms with E-state index in [1.807, 2.05) is 31.2 Å². The second-order valence-electron chi connectivity index (χ2n) is 4.51. The topological polar surface area (TPSA) is 9.23 Å². The molecule has 0 N–H and O–H groups in total. The van der Waals surface area contributed by atoms with Crippen molar-refractivity contribution in [1.29, 1.82) is 0 Å². The van der Waals surface area contributed by atoms with Gasteiger partial charge in [0.1, 0.15) is 5.75 Å². The Hall–Kier alpha value is -0.990. The highest BCUT2D eigenvalue weighted by molar-refractivity contribution is 9.09. The summed E-state index contributed by atoms with van der Waals surface area (Å²) < 4.78 is 5.38. The SMILES string of the molecule is COc1ccccc1CC(Br)c1ccc(C)cc1Cl. The minimum absolute atomic E-state index is 0.178. The summed E-state index contributed by atoms with van der Waals surface area (Å²) in [6.07, 6.45) is 0.840. The number of hydrogen-bond donors (Lipinski definition) is 0. The van der Waals surface area contributed by atoms with Crippen molar-refractivity contribution in [2.45, 2.75) is 18.2 Å². The van der Waals surface area contributed by atoms with Gasteiger partial charge in [-0.2, -0.15) is 0 Å². The number of methoxy groups -OCH3 is 1. The van der Waals surface area contributed by atoms with E-state index in [9.17, 15) is 0 Å². The predicted molar refractivity (Wildman–Crippen MR) is 84.6 cm³/mol. The van der Waals surface area contributed by atoms with Crippen molar-refractivity contribution in [3.05, 3.63) is 64.2 Å². The lowest BCUT2D eigenvalue weighted by Crippen LogP contribution is -1.99. The first-order valence-corrected chi connectivity index (χ1v) is 7.43. The zero-order valence-electron chi connectivity index (χ0n) is 11.0. The van der Waals surface area contributed by atoms with Gasteiger partial charge in [-0.3, -0.25) is 0 Å². The molecular formula is C16H16BrClO. The third kappa shape index (κ3) is 3.52. The minimum Gasteiger partial charge on any atom is -0.496 e. The molecule has 1 atom stereocenters. The van der Waals surface area contributed by atoms with E-state index in [-0.39, 0.29) is 4.83 Å². The number of hydrogen-bond acceptors (Lipinski definition) is 1. The fourth-order valence-electron chi connectivity index (χ4n) is 2.06. The van der Waals surface area contributed by atoms with Crippen LogP contribution in [0.15, 0.2) is 42.5 Å². The monoisotopic (exact) mass is 338 g/mol. The van der Waals surface area contributed by atoms with E-state index < -0.39 is 0 Å². The van der Waals surface area contributed by atoms with E-state index in [2.05, 4.69) is 34.1 Å². The summed E-state index contributed by atoms with van der Waals surface area (Å²) in [5, 5.41) is 0.803. The van der Waals surface area contributed by atoms with Gasteiger partial charge in [-0.05, 0) is 42.2 Å². The number of alkyl halides is 1. The number of halogens is 2. The molecule has 0 aliphatic rings. The zero-order valence-corrected chi connectivity index (χ0v) is 13.3. The number of rotatable bonds is 4. The van der Waals surface area contributed by atoms with Gasteiger partial charge in [0.2, 0.25) is 0 Å². The highest BCUT2D eigenvalue weighted by atomic mass is 79.9. The Morgan fingerprint density at radius 2 is 1.95 bits per heavy atom. The molecule has 0 bridgehead atoms. The first kappa shape index (κ1) is 14.4. The van der Waals surface area contributed by atoms with Crippen LogP contribution < -0.4 is 4.74 Å². The summed E-state index contributed by atoms with van der Waals surface area (Å²) >= 11 is 10.0. The number of aryl methyl sites for hydroxylation is 1. The van der Waals surface area contributed by atoms with Crippen LogP contribution in [0.25, 0.3) is 0 Å². The molecule has 0 radical (unpaired) electrons. The fraction of sp³-hybridized carbons (Fsp3) is 0.250. The summed E-state index contributed by atoms with van der Waals surface area (Å²) in [7, 11) is 1.70. The van der Waals surface area contributed by atoms with E-state index in [4.69, 9.17) is 16.3 Å². The maximum Gasteiger partial charge on any atom is 0.122 e. The molecule has 0 saturated heterocycles. The van der Waals surface area contributed by atoms with Crippen LogP contribution in [0, 0.1) is 6.92 Å². The molecule has 0 saturated carbocycles. The van der Waals surface area contributed by atoms with Gasteiger partial charge in [0.15, 0.2) is 0 Å². The molecule has 2 aromatic carbocycles. The smallest absolute Gasteiger partial charge is 0.122 e. The molecule has 2 rings (SSSR count). The Kier molecular flexibility index (Phi) is 4.89. The Morgan fingerprint density at radius 1 is 1.21 bits per heavy atom. The number of para-hydroxylation sites is 1. The lowest BCUT2D eigenvalue weighted by atomic mass is 10.0. The van der Waals surface area contributed by atoms with Crippen LogP contribution in [0.3, 0.4) is 0 Å². The first-order chi connectivity index (χ1) is 9.11. The van der Waals surface area contributed by atoms with E-state index in [0.29, 0.717) is 0 Å². The van der Waals surface area contributed by atoms with E-state index >= 15 is 0 Å². The lowest BCUT2D eigenvalue weighted by Gasteiger charge is -2.15. The fourth-order valence-corrected chi connectivity index (χ4v) is 3.31. The molecule has 0 aliphatic carbocycles. The number of ether oxygens (including phenoxy) is 1. The van der Waals surface area contributed by atoms with Crippen molar-refractivity contribution in [3.63, 3.8) is 0 Å². The van der Waals surface area contributed by atoms with Crippen LogP contribution in [0.1, 0.15) is 21.5 Å². The van der Waals surface area contributed by atoms with E-state index in [1.54, 1.807) is 7.11 Å². The van der Waals surface area contributed by atoms with Crippen molar-refractivity contribution >= 4 is 27.5 Å². The molecule has 1 nitrogen and oxygen atoms in total. The molecule has 100 valence electrons. The van der Waals surface area contributed by atoms with Gasteiger partial charge in [0, 0.05) is 9.85 Å². The van der Waals surface area contributed by atoms with Crippen molar-refractivity contribution < 1.29 is 4.74 Å². The molecular weight excluding hydrogens is 324 g/mol. The zero-order chi connectivity index (χ0) is 13.8. The maximum absolute atomic E-state index is 6.30. The Morgan fingerprint density at radius 3 is 2.63 bits per heavy atom. The van der Waals surface area contributed by atoms with E-state index in [1.165, 1.54) is 11.1 Å². The van der Waals surface area contributed by atoms with Gasteiger partial charge in [0.25, 0.3) is 0 Å². The predicted octanol–water partition coefficient (Wildman–Crippen LogP) is 5.34. The average molecular weight is 340 g/mol. The van der Waals surface area contributed by atoms with Crippen LogP contribution >= 0.6 is 27.5 Å². The second kappa shape index (κ2) is 6.44. The average Bonchev–Trinajstić information content (AvgIpc) is 2.39. The molecule has 19 heavy (non-hydrogen) atoms. The van der Waals surface area contributed by atoms with Crippen LogP contribution in [0.2, 0.25) is 5.02 Å². The summed E-state index contributed by atoms with van der Waals surface area (Å²) in [6, 6.07) is 14.2. The third-order valence-electron chi connectivity index (χ3n) is 3.09. The van der Waals surface area contributed by atoms with Crippen LogP contribution in [0.4, 0.5) is 0 Å². The first-order valence-electron chi connectivity index (χ1n) is 6.14. The number of benzene rings is 2. The molecule has 1 unspecified atom stereocenters. The van der Waals surface area contributed by atoms with Gasteiger partial charge < -0.3 is 4.74 Å². The highest BCUT2D eigenvalue weighted by Crippen LogP contribution is 2.34. The Bertz CT molecular complexity index is 568. The quantitative estimate of drug-likeness (QED) is 0.684. The van der Waals surface area contributed by atoms with Crippen molar-refractivity contribution in [3.8, 4) is 5.75 Å².